The van der Waals surface area contributed by atoms with E-state index in [2.05, 4.69) is 29.4 Å². The molecule has 1 aromatic carbocycles. The Labute approximate surface area is 193 Å². The molecule has 1 aliphatic carbocycles. The van der Waals surface area contributed by atoms with Gasteiger partial charge in [-0.3, -0.25) is 19.4 Å². The van der Waals surface area contributed by atoms with E-state index in [1.54, 1.807) is 0 Å². The van der Waals surface area contributed by atoms with Crippen LogP contribution in [-0.4, -0.2) is 66.4 Å². The number of carbonyl (C=O) groups is 2. The molecule has 2 aliphatic rings. The highest BCUT2D eigenvalue weighted by atomic mass is 19.4. The van der Waals surface area contributed by atoms with E-state index < -0.39 is 17.6 Å². The Kier molecular flexibility index (Phi) is 8.39. The van der Waals surface area contributed by atoms with Gasteiger partial charge in [0.2, 0.25) is 11.8 Å². The van der Waals surface area contributed by atoms with E-state index in [0.717, 1.165) is 18.9 Å². The lowest BCUT2D eigenvalue weighted by molar-refractivity contribution is -0.137. The van der Waals surface area contributed by atoms with Gasteiger partial charge in [-0.1, -0.05) is 38.8 Å². The molecule has 3 rings (SSSR count). The number of hydrogen-bond donors (Lipinski definition) is 2. The molecule has 0 spiro atoms. The minimum Gasteiger partial charge on any atom is -0.352 e. The fourth-order valence-electron chi connectivity index (χ4n) is 4.80. The van der Waals surface area contributed by atoms with Crippen LogP contribution in [0.4, 0.5) is 18.9 Å². The molecule has 9 heteroatoms. The van der Waals surface area contributed by atoms with Gasteiger partial charge in [0, 0.05) is 32.2 Å². The average Bonchev–Trinajstić information content (AvgIpc) is 2.76. The van der Waals surface area contributed by atoms with Crippen molar-refractivity contribution < 1.29 is 22.8 Å². The van der Waals surface area contributed by atoms with E-state index in [1.807, 2.05) is 11.8 Å². The fraction of sp³-hybridized carbons (Fsp3) is 0.667. The summed E-state index contributed by atoms with van der Waals surface area (Å²) in [6, 6.07) is 4.93. The van der Waals surface area contributed by atoms with E-state index in [1.165, 1.54) is 24.6 Å². The van der Waals surface area contributed by atoms with Crippen LogP contribution in [0.1, 0.15) is 45.6 Å². The van der Waals surface area contributed by atoms with Gasteiger partial charge in [0.1, 0.15) is 0 Å². The van der Waals surface area contributed by atoms with Crippen molar-refractivity contribution in [1.29, 1.82) is 0 Å². The number of amides is 2. The monoisotopic (exact) mass is 468 g/mol. The molecule has 4 unspecified atom stereocenters. The zero-order valence-corrected chi connectivity index (χ0v) is 19.6. The molecule has 2 fully saturated rings. The maximum absolute atomic E-state index is 13.1. The quantitative estimate of drug-likeness (QED) is 0.670. The van der Waals surface area contributed by atoms with E-state index in [9.17, 15) is 22.8 Å². The number of carbonyl (C=O) groups excluding carboxylic acids is 2. The summed E-state index contributed by atoms with van der Waals surface area (Å²) in [5.41, 5.74) is -1.09. The number of piperazine rings is 1. The Morgan fingerprint density at radius 1 is 1.09 bits per heavy atom. The van der Waals surface area contributed by atoms with Crippen LogP contribution in [0.5, 0.6) is 0 Å². The maximum atomic E-state index is 13.1. The van der Waals surface area contributed by atoms with Crippen molar-refractivity contribution in [1.82, 2.24) is 15.1 Å². The van der Waals surface area contributed by atoms with Gasteiger partial charge in [0.15, 0.2) is 0 Å². The number of rotatable bonds is 6. The molecule has 184 valence electrons. The molecule has 0 bridgehead atoms. The standard InChI is InChI=1S/C24H35F3N4O2/c1-16-7-6-10-20(17(16)2)29-23(33)18(3)31-13-11-30(12-14-31)15-22(32)28-21-9-5-4-8-19(21)24(25,26)27/h4-5,8-9,16-18,20H,6-7,10-15H2,1-3H3,(H,28,32)(H,29,33). The minimum absolute atomic E-state index is 0.0120. The Hall–Kier alpha value is -2.13. The first kappa shape index (κ1) is 25.5. The summed E-state index contributed by atoms with van der Waals surface area (Å²) in [7, 11) is 0. The van der Waals surface area contributed by atoms with Crippen LogP contribution in [0.2, 0.25) is 0 Å². The van der Waals surface area contributed by atoms with Crippen LogP contribution in [0.25, 0.3) is 0 Å². The minimum atomic E-state index is -4.53. The van der Waals surface area contributed by atoms with Gasteiger partial charge < -0.3 is 10.6 Å². The summed E-state index contributed by atoms with van der Waals surface area (Å²) in [5, 5.41) is 5.63. The van der Waals surface area contributed by atoms with Gasteiger partial charge in [-0.15, -0.1) is 0 Å². The lowest BCUT2D eigenvalue weighted by atomic mass is 9.78. The lowest BCUT2D eigenvalue weighted by Crippen LogP contribution is -2.56. The molecule has 2 N–H and O–H groups in total. The SMILES string of the molecule is CC1CCCC(NC(=O)C(C)N2CCN(CC(=O)Nc3ccccc3C(F)(F)F)CC2)C1C. The first-order valence-corrected chi connectivity index (χ1v) is 11.8. The number of halogens is 3. The normalized spacial score (nSPS) is 25.9. The molecule has 0 radical (unpaired) electrons. The van der Waals surface area contributed by atoms with Gasteiger partial charge in [-0.25, -0.2) is 0 Å². The molecule has 1 heterocycles. The Bertz CT molecular complexity index is 824. The van der Waals surface area contributed by atoms with Gasteiger partial charge >= 0.3 is 6.18 Å². The molecule has 1 saturated carbocycles. The van der Waals surface area contributed by atoms with Gasteiger partial charge in [-0.05, 0) is 37.3 Å². The van der Waals surface area contributed by atoms with E-state index in [0.29, 0.717) is 38.0 Å². The molecule has 1 saturated heterocycles. The third kappa shape index (κ3) is 6.69. The first-order chi connectivity index (χ1) is 15.6. The van der Waals surface area contributed by atoms with Crippen molar-refractivity contribution >= 4 is 17.5 Å². The van der Waals surface area contributed by atoms with E-state index in [4.69, 9.17) is 0 Å². The zero-order valence-electron chi connectivity index (χ0n) is 19.6. The number of alkyl halides is 3. The van der Waals surface area contributed by atoms with E-state index >= 15 is 0 Å². The van der Waals surface area contributed by atoms with Crippen molar-refractivity contribution in [3.8, 4) is 0 Å². The van der Waals surface area contributed by atoms with Crippen LogP contribution >= 0.6 is 0 Å². The van der Waals surface area contributed by atoms with E-state index in [-0.39, 0.29) is 30.2 Å². The Morgan fingerprint density at radius 3 is 2.42 bits per heavy atom. The zero-order chi connectivity index (χ0) is 24.2. The van der Waals surface area contributed by atoms with Gasteiger partial charge in [0.05, 0.1) is 23.8 Å². The van der Waals surface area contributed by atoms with Crippen LogP contribution in [-0.2, 0) is 15.8 Å². The summed E-state index contributed by atoms with van der Waals surface area (Å²) >= 11 is 0. The van der Waals surface area contributed by atoms with Crippen molar-refractivity contribution in [2.75, 3.05) is 38.0 Å². The number of nitrogens with zero attached hydrogens (tertiary/aromatic N) is 2. The smallest absolute Gasteiger partial charge is 0.352 e. The predicted octanol–water partition coefficient (Wildman–Crippen LogP) is 3.59. The molecule has 1 aliphatic heterocycles. The second kappa shape index (κ2) is 10.9. The fourth-order valence-corrected chi connectivity index (χ4v) is 4.80. The van der Waals surface area contributed by atoms with Crippen molar-refractivity contribution in [3.63, 3.8) is 0 Å². The molecular weight excluding hydrogens is 433 g/mol. The van der Waals surface area contributed by atoms with Gasteiger partial charge in [0.25, 0.3) is 0 Å². The molecule has 1 aromatic rings. The number of anilines is 1. The third-order valence-corrected chi connectivity index (χ3v) is 7.24. The summed E-state index contributed by atoms with van der Waals surface area (Å²) in [4.78, 5) is 29.2. The van der Waals surface area contributed by atoms with Crippen molar-refractivity contribution in [3.05, 3.63) is 29.8 Å². The molecule has 4 atom stereocenters. The number of para-hydroxylation sites is 1. The van der Waals surface area contributed by atoms with Crippen LogP contribution in [0, 0.1) is 11.8 Å². The van der Waals surface area contributed by atoms with Gasteiger partial charge in [-0.2, -0.15) is 13.2 Å². The largest absolute Gasteiger partial charge is 0.418 e. The average molecular weight is 469 g/mol. The number of nitrogens with one attached hydrogen (secondary N) is 2. The second-order valence-electron chi connectivity index (χ2n) is 9.46. The lowest BCUT2D eigenvalue weighted by Gasteiger charge is -2.39. The highest BCUT2D eigenvalue weighted by Gasteiger charge is 2.34. The molecule has 33 heavy (non-hydrogen) atoms. The number of benzene rings is 1. The summed E-state index contributed by atoms with van der Waals surface area (Å²) < 4.78 is 39.4. The number of hydrogen-bond acceptors (Lipinski definition) is 4. The third-order valence-electron chi connectivity index (χ3n) is 7.24. The summed E-state index contributed by atoms with van der Waals surface area (Å²) in [6.45, 7) is 8.75. The summed E-state index contributed by atoms with van der Waals surface area (Å²) in [5.74, 6) is 0.632. The predicted molar refractivity (Wildman–Crippen MR) is 122 cm³/mol. The Balaban J connectivity index is 1.46. The topological polar surface area (TPSA) is 64.7 Å². The van der Waals surface area contributed by atoms with Crippen LogP contribution in [0.15, 0.2) is 24.3 Å². The van der Waals surface area contributed by atoms with Crippen LogP contribution < -0.4 is 10.6 Å². The molecule has 0 aromatic heterocycles. The molecule has 6 nitrogen and oxygen atoms in total. The van der Waals surface area contributed by atoms with Crippen molar-refractivity contribution in [2.24, 2.45) is 11.8 Å². The van der Waals surface area contributed by atoms with Crippen LogP contribution in [0.3, 0.4) is 0 Å². The first-order valence-electron chi connectivity index (χ1n) is 11.8. The second-order valence-corrected chi connectivity index (χ2v) is 9.46. The maximum Gasteiger partial charge on any atom is 0.418 e. The highest BCUT2D eigenvalue weighted by Crippen LogP contribution is 2.34. The Morgan fingerprint density at radius 2 is 1.76 bits per heavy atom. The highest BCUT2D eigenvalue weighted by molar-refractivity contribution is 5.93. The molecular formula is C24H35F3N4O2. The van der Waals surface area contributed by atoms with Crippen molar-refractivity contribution in [2.45, 2.75) is 58.3 Å². The summed E-state index contributed by atoms with van der Waals surface area (Å²) in [6.07, 6.45) is -1.16. The molecule has 2 amide bonds.